The predicted octanol–water partition coefficient (Wildman–Crippen LogP) is 2.32. The van der Waals surface area contributed by atoms with Gasteiger partial charge in [-0.15, -0.1) is 0 Å². The average molecular weight is 434 g/mol. The Bertz CT molecular complexity index is 872. The highest BCUT2D eigenvalue weighted by atomic mass is 19.1. The van der Waals surface area contributed by atoms with Crippen LogP contribution in [-0.4, -0.2) is 72.4 Å². The monoisotopic (exact) mass is 434 g/mol. The molecule has 2 N–H and O–H groups in total. The zero-order valence-corrected chi connectivity index (χ0v) is 17.6. The van der Waals surface area contributed by atoms with Crippen LogP contribution in [0.1, 0.15) is 11.1 Å². The summed E-state index contributed by atoms with van der Waals surface area (Å²) in [6, 6.07) is 12.9. The molecule has 0 saturated carbocycles. The van der Waals surface area contributed by atoms with Gasteiger partial charge in [0.25, 0.3) is 0 Å². The van der Waals surface area contributed by atoms with Crippen molar-refractivity contribution < 1.29 is 33.7 Å². The molecule has 31 heavy (non-hydrogen) atoms. The first kappa shape index (κ1) is 24.1. The number of piperazine rings is 1. The summed E-state index contributed by atoms with van der Waals surface area (Å²) < 4.78 is 24.6. The second kappa shape index (κ2) is 11.9. The molecule has 0 aliphatic carbocycles. The third-order valence-electron chi connectivity index (χ3n) is 4.88. The number of hydrogen-bond acceptors (Lipinski definition) is 6. The predicted molar refractivity (Wildman–Crippen MR) is 112 cm³/mol. The van der Waals surface area contributed by atoms with Gasteiger partial charge in [0.15, 0.2) is 0 Å². The molecule has 1 saturated heterocycles. The van der Waals surface area contributed by atoms with Crippen LogP contribution in [0.4, 0.5) is 4.39 Å². The molecule has 0 radical (unpaired) electrons. The molecule has 1 fully saturated rings. The third-order valence-corrected chi connectivity index (χ3v) is 4.88. The summed E-state index contributed by atoms with van der Waals surface area (Å²) >= 11 is 0. The van der Waals surface area contributed by atoms with E-state index in [9.17, 15) is 4.39 Å². The Morgan fingerprint density at radius 1 is 0.871 bits per heavy atom. The molecule has 8 nitrogen and oxygen atoms in total. The second-order valence-corrected chi connectivity index (χ2v) is 6.93. The van der Waals surface area contributed by atoms with E-state index in [1.807, 2.05) is 30.3 Å². The van der Waals surface area contributed by atoms with Crippen molar-refractivity contribution in [3.8, 4) is 11.5 Å². The van der Waals surface area contributed by atoms with Crippen LogP contribution in [0.3, 0.4) is 0 Å². The molecule has 0 bridgehead atoms. The van der Waals surface area contributed by atoms with Crippen LogP contribution in [0.25, 0.3) is 0 Å². The fraction of sp³-hybridized carbons (Fsp3) is 0.364. The maximum absolute atomic E-state index is 13.8. The fourth-order valence-corrected chi connectivity index (χ4v) is 3.22. The Morgan fingerprint density at radius 3 is 1.90 bits per heavy atom. The quantitative estimate of drug-likeness (QED) is 0.669. The lowest BCUT2D eigenvalue weighted by molar-refractivity contribution is -0.159. The minimum absolute atomic E-state index is 0.119. The van der Waals surface area contributed by atoms with Crippen LogP contribution in [0, 0.1) is 5.82 Å². The van der Waals surface area contributed by atoms with E-state index in [4.69, 9.17) is 29.3 Å². The normalized spacial score (nSPS) is 14.3. The van der Waals surface area contributed by atoms with Gasteiger partial charge in [0.05, 0.1) is 14.2 Å². The van der Waals surface area contributed by atoms with Crippen molar-refractivity contribution in [2.45, 2.75) is 13.1 Å². The molecule has 0 amide bonds. The molecule has 1 heterocycles. The lowest BCUT2D eigenvalue weighted by Crippen LogP contribution is -2.45. The summed E-state index contributed by atoms with van der Waals surface area (Å²) in [4.78, 5) is 22.9. The summed E-state index contributed by atoms with van der Waals surface area (Å²) in [6.45, 7) is 5.27. The van der Waals surface area contributed by atoms with E-state index in [1.165, 1.54) is 6.07 Å². The zero-order valence-electron chi connectivity index (χ0n) is 17.6. The highest BCUT2D eigenvalue weighted by Gasteiger charge is 2.19. The first-order valence-electron chi connectivity index (χ1n) is 9.69. The molecule has 2 aromatic carbocycles. The van der Waals surface area contributed by atoms with Gasteiger partial charge in [0.1, 0.15) is 17.3 Å². The molecular weight excluding hydrogens is 407 g/mol. The Morgan fingerprint density at radius 2 is 1.42 bits per heavy atom. The second-order valence-electron chi connectivity index (χ2n) is 6.93. The van der Waals surface area contributed by atoms with Gasteiger partial charge in [0, 0.05) is 50.4 Å². The van der Waals surface area contributed by atoms with Crippen LogP contribution in [-0.2, 0) is 22.7 Å². The standard InChI is InChI=1S/C20H25FN2O2.C2H2O4/c1-24-18-7-8-20(25-2)17(13-18)15-23-11-9-22(10-12-23)14-16-5-3-4-6-19(16)21;3-1(4)2(5)6/h3-8,13H,9-12,14-15H2,1-2H3;(H,3,4)(H,5,6). The smallest absolute Gasteiger partial charge is 0.414 e. The molecule has 1 aliphatic heterocycles. The van der Waals surface area contributed by atoms with E-state index in [0.717, 1.165) is 55.3 Å². The number of methoxy groups -OCH3 is 2. The first-order chi connectivity index (χ1) is 14.8. The van der Waals surface area contributed by atoms with Gasteiger partial charge in [-0.25, -0.2) is 14.0 Å². The van der Waals surface area contributed by atoms with E-state index in [1.54, 1.807) is 20.3 Å². The van der Waals surface area contributed by atoms with Crippen LogP contribution in [0.5, 0.6) is 11.5 Å². The molecular formula is C22H27FN2O6. The maximum Gasteiger partial charge on any atom is 0.414 e. The summed E-state index contributed by atoms with van der Waals surface area (Å²) in [5.41, 5.74) is 1.90. The minimum atomic E-state index is -1.82. The SMILES string of the molecule is COc1ccc(OC)c(CN2CCN(Cc3ccccc3F)CC2)c1.O=C(O)C(=O)O. The van der Waals surface area contributed by atoms with E-state index in [0.29, 0.717) is 6.54 Å². The topological polar surface area (TPSA) is 99.5 Å². The molecule has 3 rings (SSSR count). The highest BCUT2D eigenvalue weighted by molar-refractivity contribution is 6.27. The van der Waals surface area contributed by atoms with Crippen LogP contribution in [0.2, 0.25) is 0 Å². The minimum Gasteiger partial charge on any atom is -0.497 e. The van der Waals surface area contributed by atoms with Crippen molar-refractivity contribution in [1.82, 2.24) is 9.80 Å². The molecule has 0 aromatic heterocycles. The van der Waals surface area contributed by atoms with Crippen LogP contribution >= 0.6 is 0 Å². The molecule has 0 atom stereocenters. The fourth-order valence-electron chi connectivity index (χ4n) is 3.22. The number of nitrogens with zero attached hydrogens (tertiary/aromatic N) is 2. The van der Waals surface area contributed by atoms with Crippen molar-refractivity contribution in [2.75, 3.05) is 40.4 Å². The third kappa shape index (κ3) is 7.54. The lowest BCUT2D eigenvalue weighted by Gasteiger charge is -2.35. The van der Waals surface area contributed by atoms with E-state index >= 15 is 0 Å². The maximum atomic E-state index is 13.8. The van der Waals surface area contributed by atoms with Crippen LogP contribution in [0.15, 0.2) is 42.5 Å². The van der Waals surface area contributed by atoms with E-state index < -0.39 is 11.9 Å². The number of ether oxygens (including phenoxy) is 2. The molecule has 1 aliphatic rings. The Balaban J connectivity index is 0.000000501. The summed E-state index contributed by atoms with van der Waals surface area (Å²) in [5.74, 6) is -2.04. The van der Waals surface area contributed by atoms with Gasteiger partial charge in [-0.3, -0.25) is 9.80 Å². The number of aliphatic carboxylic acids is 2. The number of halogens is 1. The molecule has 2 aromatic rings. The zero-order chi connectivity index (χ0) is 22.8. The molecule has 9 heteroatoms. The molecule has 0 unspecified atom stereocenters. The Labute approximate surface area is 180 Å². The van der Waals surface area contributed by atoms with Crippen LogP contribution < -0.4 is 9.47 Å². The number of rotatable bonds is 6. The van der Waals surface area contributed by atoms with Gasteiger partial charge >= 0.3 is 11.9 Å². The Hall–Kier alpha value is -3.17. The van der Waals surface area contributed by atoms with Gasteiger partial charge in [0.2, 0.25) is 0 Å². The summed E-state index contributed by atoms with van der Waals surface area (Å²) in [6.07, 6.45) is 0. The number of carboxylic acid groups (broad SMARTS) is 2. The van der Waals surface area contributed by atoms with E-state index in [2.05, 4.69) is 9.80 Å². The number of carboxylic acids is 2. The average Bonchev–Trinajstić information content (AvgIpc) is 2.77. The number of hydrogen-bond donors (Lipinski definition) is 2. The number of carbonyl (C=O) groups is 2. The van der Waals surface area contributed by atoms with Crippen molar-refractivity contribution in [3.05, 3.63) is 59.4 Å². The largest absolute Gasteiger partial charge is 0.497 e. The number of benzene rings is 2. The Kier molecular flexibility index (Phi) is 9.23. The summed E-state index contributed by atoms with van der Waals surface area (Å²) in [5, 5.41) is 14.8. The lowest BCUT2D eigenvalue weighted by atomic mass is 10.1. The highest BCUT2D eigenvalue weighted by Crippen LogP contribution is 2.25. The molecule has 0 spiro atoms. The first-order valence-corrected chi connectivity index (χ1v) is 9.69. The van der Waals surface area contributed by atoms with Crippen molar-refractivity contribution in [3.63, 3.8) is 0 Å². The van der Waals surface area contributed by atoms with Gasteiger partial charge in [-0.1, -0.05) is 18.2 Å². The van der Waals surface area contributed by atoms with Gasteiger partial charge in [-0.05, 0) is 24.3 Å². The van der Waals surface area contributed by atoms with Crippen molar-refractivity contribution in [2.24, 2.45) is 0 Å². The van der Waals surface area contributed by atoms with Gasteiger partial charge in [-0.2, -0.15) is 0 Å². The van der Waals surface area contributed by atoms with E-state index in [-0.39, 0.29) is 5.82 Å². The van der Waals surface area contributed by atoms with Crippen molar-refractivity contribution in [1.29, 1.82) is 0 Å². The van der Waals surface area contributed by atoms with Gasteiger partial charge < -0.3 is 19.7 Å². The molecule has 168 valence electrons. The summed E-state index contributed by atoms with van der Waals surface area (Å²) in [7, 11) is 3.37. The van der Waals surface area contributed by atoms with Crippen molar-refractivity contribution >= 4 is 11.9 Å².